The van der Waals surface area contributed by atoms with Crippen LogP contribution in [-0.4, -0.2) is 49.1 Å². The lowest BCUT2D eigenvalue weighted by Crippen LogP contribution is -2.44. The van der Waals surface area contributed by atoms with Crippen LogP contribution >= 0.6 is 0 Å². The highest BCUT2D eigenvalue weighted by Gasteiger charge is 2.31. The molecule has 0 aromatic heterocycles. The van der Waals surface area contributed by atoms with E-state index in [1.54, 1.807) is 0 Å². The second kappa shape index (κ2) is 8.37. The van der Waals surface area contributed by atoms with Gasteiger partial charge >= 0.3 is 0 Å². The minimum atomic E-state index is 0.00132. The number of nitrogens with one attached hydrogen (secondary N) is 2. The summed E-state index contributed by atoms with van der Waals surface area (Å²) in [5.41, 5.74) is 5.32. The van der Waals surface area contributed by atoms with E-state index in [0.717, 1.165) is 73.8 Å². The molecule has 1 fully saturated rings. The molecule has 0 unspecified atom stereocenters. The van der Waals surface area contributed by atoms with Gasteiger partial charge in [0.25, 0.3) is 0 Å². The van der Waals surface area contributed by atoms with Crippen LogP contribution in [0.15, 0.2) is 30.3 Å². The topological polar surface area (TPSA) is 79.9 Å². The Morgan fingerprint density at radius 3 is 2.70 bits per heavy atom. The van der Waals surface area contributed by atoms with Crippen LogP contribution in [0.25, 0.3) is 0 Å². The van der Waals surface area contributed by atoms with Gasteiger partial charge in [0, 0.05) is 29.9 Å². The second-order valence-corrected chi connectivity index (χ2v) is 9.68. The highest BCUT2D eigenvalue weighted by molar-refractivity contribution is 6.00. The van der Waals surface area contributed by atoms with Crippen molar-refractivity contribution in [2.75, 3.05) is 36.9 Å². The van der Waals surface area contributed by atoms with Crippen molar-refractivity contribution in [3.05, 3.63) is 47.0 Å². The molecule has 33 heavy (non-hydrogen) atoms. The van der Waals surface area contributed by atoms with Crippen molar-refractivity contribution in [3.63, 3.8) is 0 Å². The summed E-state index contributed by atoms with van der Waals surface area (Å²) in [6.07, 6.45) is 5.17. The maximum Gasteiger partial charge on any atom is 0.229 e. The Kier molecular flexibility index (Phi) is 5.21. The molecule has 7 heteroatoms. The fourth-order valence-corrected chi connectivity index (χ4v) is 5.53. The first kappa shape index (κ1) is 20.5. The van der Waals surface area contributed by atoms with Crippen molar-refractivity contribution in [1.29, 1.82) is 0 Å². The van der Waals surface area contributed by atoms with Gasteiger partial charge in [-0.05, 0) is 74.0 Å². The third-order valence-corrected chi connectivity index (χ3v) is 7.31. The van der Waals surface area contributed by atoms with E-state index in [1.165, 1.54) is 11.1 Å². The lowest BCUT2D eigenvalue weighted by Gasteiger charge is -2.36. The van der Waals surface area contributed by atoms with Crippen LogP contribution in [0.3, 0.4) is 0 Å². The summed E-state index contributed by atoms with van der Waals surface area (Å²) in [5, 5.41) is 5.88. The number of likely N-dealkylation sites (tertiary alicyclic amines) is 1. The van der Waals surface area contributed by atoms with E-state index in [2.05, 4.69) is 33.7 Å². The third kappa shape index (κ3) is 4.17. The minimum absolute atomic E-state index is 0.00132. The van der Waals surface area contributed by atoms with Gasteiger partial charge in [-0.2, -0.15) is 0 Å². The van der Waals surface area contributed by atoms with Crippen molar-refractivity contribution < 1.29 is 19.1 Å². The van der Waals surface area contributed by atoms with Gasteiger partial charge in [-0.3, -0.25) is 14.5 Å². The first-order valence-corrected chi connectivity index (χ1v) is 12.0. The summed E-state index contributed by atoms with van der Waals surface area (Å²) in [5.74, 6) is 2.26. The number of nitrogens with zero attached hydrogens (tertiary/aromatic N) is 1. The van der Waals surface area contributed by atoms with E-state index >= 15 is 0 Å². The largest absolute Gasteiger partial charge is 0.485 e. The molecule has 2 amide bonds. The van der Waals surface area contributed by atoms with Crippen LogP contribution in [0.5, 0.6) is 11.5 Å². The van der Waals surface area contributed by atoms with Gasteiger partial charge in [0.05, 0.1) is 6.42 Å². The van der Waals surface area contributed by atoms with E-state index in [-0.39, 0.29) is 17.9 Å². The maximum absolute atomic E-state index is 11.7. The fraction of sp³-hybridized carbons (Fsp3) is 0.462. The Bertz CT molecular complexity index is 1110. The van der Waals surface area contributed by atoms with Crippen molar-refractivity contribution >= 4 is 23.2 Å². The number of ether oxygens (including phenoxy) is 2. The molecular weight excluding hydrogens is 418 g/mol. The molecule has 172 valence electrons. The Balaban J connectivity index is 1.02. The van der Waals surface area contributed by atoms with Gasteiger partial charge in [-0.25, -0.2) is 0 Å². The zero-order valence-corrected chi connectivity index (χ0v) is 18.7. The Hall–Kier alpha value is -3.06. The van der Waals surface area contributed by atoms with Gasteiger partial charge < -0.3 is 20.1 Å². The summed E-state index contributed by atoms with van der Waals surface area (Å²) < 4.78 is 12.3. The highest BCUT2D eigenvalue weighted by Crippen LogP contribution is 2.42. The summed E-state index contributed by atoms with van der Waals surface area (Å²) in [7, 11) is 0. The number of amides is 2. The SMILES string of the molecule is O=C1CCc2ccc(CC3CCN(C[C@@H]4COc5c(ccc6c5CC(=O)N6)O4)CC3)cc2N1. The average Bonchev–Trinajstić information content (AvgIpc) is 3.20. The minimum Gasteiger partial charge on any atom is -0.485 e. The monoisotopic (exact) mass is 447 g/mol. The van der Waals surface area contributed by atoms with Crippen molar-refractivity contribution in [2.24, 2.45) is 5.92 Å². The first-order chi connectivity index (χ1) is 16.1. The summed E-state index contributed by atoms with van der Waals surface area (Å²) in [4.78, 5) is 25.9. The Morgan fingerprint density at radius 1 is 0.970 bits per heavy atom. The van der Waals surface area contributed by atoms with E-state index in [9.17, 15) is 9.59 Å². The lowest BCUT2D eigenvalue weighted by atomic mass is 9.89. The number of hydrogen-bond donors (Lipinski definition) is 2. The summed E-state index contributed by atoms with van der Waals surface area (Å²) in [6.45, 7) is 3.48. The normalized spacial score (nSPS) is 22.4. The predicted octanol–water partition coefficient (Wildman–Crippen LogP) is 3.16. The zero-order valence-electron chi connectivity index (χ0n) is 18.7. The second-order valence-electron chi connectivity index (χ2n) is 9.68. The Labute approximate surface area is 193 Å². The number of piperidine rings is 1. The molecule has 7 nitrogen and oxygen atoms in total. The maximum atomic E-state index is 11.7. The molecule has 0 spiro atoms. The summed E-state index contributed by atoms with van der Waals surface area (Å²) >= 11 is 0. The lowest BCUT2D eigenvalue weighted by molar-refractivity contribution is -0.116. The molecule has 2 aromatic carbocycles. The van der Waals surface area contributed by atoms with Gasteiger partial charge in [0.15, 0.2) is 11.5 Å². The van der Waals surface area contributed by atoms with Crippen LogP contribution in [0, 0.1) is 5.92 Å². The highest BCUT2D eigenvalue weighted by atomic mass is 16.6. The molecule has 0 radical (unpaired) electrons. The van der Waals surface area contributed by atoms with Crippen LogP contribution < -0.4 is 20.1 Å². The van der Waals surface area contributed by atoms with E-state index in [4.69, 9.17) is 9.47 Å². The first-order valence-electron chi connectivity index (χ1n) is 12.0. The van der Waals surface area contributed by atoms with E-state index < -0.39 is 0 Å². The quantitative estimate of drug-likeness (QED) is 0.753. The standard InChI is InChI=1S/C26H29N3O4/c30-24-6-3-18-2-1-17(12-22(18)28-24)11-16-7-9-29(10-8-16)14-19-15-32-26-20-13-25(31)27-21(20)4-5-23(26)33-19/h1-2,4-5,12,16,19H,3,6-11,13-15H2,(H,27,31)(H,28,30)/t19-/m1/s1. The number of hydrogen-bond acceptors (Lipinski definition) is 5. The van der Waals surface area contributed by atoms with Crippen LogP contribution in [0.2, 0.25) is 0 Å². The molecule has 4 heterocycles. The van der Waals surface area contributed by atoms with Gasteiger partial charge in [-0.1, -0.05) is 12.1 Å². The predicted molar refractivity (Wildman–Crippen MR) is 125 cm³/mol. The van der Waals surface area contributed by atoms with Crippen molar-refractivity contribution in [3.8, 4) is 11.5 Å². The number of benzene rings is 2. The third-order valence-electron chi connectivity index (χ3n) is 7.31. The smallest absolute Gasteiger partial charge is 0.229 e. The van der Waals surface area contributed by atoms with Crippen LogP contribution in [0.4, 0.5) is 11.4 Å². The molecule has 4 aliphatic rings. The molecule has 2 N–H and O–H groups in total. The van der Waals surface area contributed by atoms with Gasteiger partial charge in [-0.15, -0.1) is 0 Å². The van der Waals surface area contributed by atoms with Crippen LogP contribution in [0.1, 0.15) is 36.0 Å². The molecular formula is C26H29N3O4. The van der Waals surface area contributed by atoms with Gasteiger partial charge in [0.2, 0.25) is 11.8 Å². The molecule has 1 saturated heterocycles. The summed E-state index contributed by atoms with van der Waals surface area (Å²) in [6, 6.07) is 10.4. The van der Waals surface area contributed by atoms with Crippen molar-refractivity contribution in [2.45, 2.75) is 44.6 Å². The molecule has 0 aliphatic carbocycles. The van der Waals surface area contributed by atoms with E-state index in [0.29, 0.717) is 25.4 Å². The number of carbonyl (C=O) groups excluding carboxylic acids is 2. The molecule has 0 saturated carbocycles. The molecule has 4 aliphatic heterocycles. The molecule has 2 aromatic rings. The number of carbonyl (C=O) groups is 2. The van der Waals surface area contributed by atoms with E-state index in [1.807, 2.05) is 12.1 Å². The number of aryl methyl sites for hydroxylation is 1. The zero-order chi connectivity index (χ0) is 22.4. The molecule has 0 bridgehead atoms. The van der Waals surface area contributed by atoms with Gasteiger partial charge in [0.1, 0.15) is 12.7 Å². The average molecular weight is 448 g/mol. The van der Waals surface area contributed by atoms with Crippen LogP contribution in [-0.2, 0) is 28.9 Å². The molecule has 1 atom stereocenters. The number of fused-ring (bicyclic) bond motifs is 4. The van der Waals surface area contributed by atoms with Crippen molar-refractivity contribution in [1.82, 2.24) is 4.90 Å². The number of anilines is 2. The molecule has 6 rings (SSSR count). The fourth-order valence-electron chi connectivity index (χ4n) is 5.53. The Morgan fingerprint density at radius 2 is 1.82 bits per heavy atom. The number of rotatable bonds is 4.